The molecule has 1 amide bonds. The second-order valence-corrected chi connectivity index (χ2v) is 6.16. The Morgan fingerprint density at radius 1 is 1.28 bits per heavy atom. The molecule has 0 saturated carbocycles. The second-order valence-electron chi connectivity index (χ2n) is 5.76. The highest BCUT2D eigenvalue weighted by Crippen LogP contribution is 2.23. The first-order valence-electron chi connectivity index (χ1n) is 8.18. The summed E-state index contributed by atoms with van der Waals surface area (Å²) in [6.45, 7) is 4.92. The Morgan fingerprint density at radius 3 is 2.84 bits per heavy atom. The van der Waals surface area contributed by atoms with Gasteiger partial charge in [-0.25, -0.2) is 4.98 Å². The number of benzene rings is 2. The van der Waals surface area contributed by atoms with E-state index in [2.05, 4.69) is 10.3 Å². The van der Waals surface area contributed by atoms with Crippen LogP contribution >= 0.6 is 11.6 Å². The Balaban J connectivity index is 1.86. The summed E-state index contributed by atoms with van der Waals surface area (Å²) in [5.74, 6) is 1.38. The highest BCUT2D eigenvalue weighted by atomic mass is 35.5. The van der Waals surface area contributed by atoms with Crippen LogP contribution in [0.2, 0.25) is 5.02 Å². The molecule has 0 atom stereocenters. The van der Waals surface area contributed by atoms with E-state index in [1.807, 2.05) is 60.9 Å². The van der Waals surface area contributed by atoms with Crippen LogP contribution in [0.25, 0.3) is 11.0 Å². The van der Waals surface area contributed by atoms with Crippen LogP contribution in [0.3, 0.4) is 0 Å². The number of carbonyl (C=O) groups is 1. The minimum atomic E-state index is -0.0470. The van der Waals surface area contributed by atoms with Crippen molar-refractivity contribution in [1.82, 2.24) is 14.9 Å². The van der Waals surface area contributed by atoms with Crippen molar-refractivity contribution in [2.45, 2.75) is 27.0 Å². The molecule has 5 nitrogen and oxygen atoms in total. The Labute approximate surface area is 151 Å². The number of likely N-dealkylation sites (N-methyl/N-ethyl adjacent to an activating group) is 1. The van der Waals surface area contributed by atoms with Crippen LogP contribution in [0.15, 0.2) is 42.5 Å². The third-order valence-corrected chi connectivity index (χ3v) is 4.33. The van der Waals surface area contributed by atoms with E-state index >= 15 is 0 Å². The summed E-state index contributed by atoms with van der Waals surface area (Å²) < 4.78 is 7.76. The molecule has 3 aromatic rings. The highest BCUT2D eigenvalue weighted by Gasteiger charge is 2.14. The van der Waals surface area contributed by atoms with Gasteiger partial charge in [0, 0.05) is 11.6 Å². The van der Waals surface area contributed by atoms with Gasteiger partial charge in [-0.2, -0.15) is 0 Å². The number of hydrogen-bond acceptors (Lipinski definition) is 3. The number of carbonyl (C=O) groups excluding carboxylic acids is 1. The van der Waals surface area contributed by atoms with Crippen LogP contribution in [-0.2, 0) is 17.9 Å². The summed E-state index contributed by atoms with van der Waals surface area (Å²) in [5.41, 5.74) is 2.72. The van der Waals surface area contributed by atoms with E-state index in [0.29, 0.717) is 17.4 Å². The fourth-order valence-corrected chi connectivity index (χ4v) is 2.78. The molecule has 6 heteroatoms. The number of fused-ring (bicyclic) bond motifs is 1. The molecule has 0 radical (unpaired) electrons. The minimum Gasteiger partial charge on any atom is -0.486 e. The van der Waals surface area contributed by atoms with Gasteiger partial charge in [0.05, 0.1) is 11.0 Å². The monoisotopic (exact) mass is 357 g/mol. The number of nitrogens with zero attached hydrogens (tertiary/aromatic N) is 2. The molecule has 1 aromatic heterocycles. The minimum absolute atomic E-state index is 0.0470. The van der Waals surface area contributed by atoms with Crippen LogP contribution < -0.4 is 10.1 Å². The molecule has 0 bridgehead atoms. The molecule has 0 aliphatic carbocycles. The van der Waals surface area contributed by atoms with Gasteiger partial charge in [-0.05, 0) is 49.7 Å². The van der Waals surface area contributed by atoms with Gasteiger partial charge in [-0.15, -0.1) is 0 Å². The molecule has 0 aliphatic rings. The molecule has 2 aromatic carbocycles. The predicted octanol–water partition coefficient (Wildman–Crippen LogP) is 3.71. The van der Waals surface area contributed by atoms with E-state index in [0.717, 1.165) is 22.3 Å². The Kier molecular flexibility index (Phi) is 5.24. The van der Waals surface area contributed by atoms with E-state index in [1.165, 1.54) is 0 Å². The van der Waals surface area contributed by atoms with Crippen molar-refractivity contribution in [2.24, 2.45) is 0 Å². The Morgan fingerprint density at radius 2 is 2.08 bits per heavy atom. The van der Waals surface area contributed by atoms with Gasteiger partial charge in [0.15, 0.2) is 0 Å². The quantitative estimate of drug-likeness (QED) is 0.731. The maximum atomic E-state index is 12.0. The van der Waals surface area contributed by atoms with Crippen LogP contribution in [0.1, 0.15) is 18.3 Å². The van der Waals surface area contributed by atoms with Crippen LogP contribution in [-0.4, -0.2) is 22.0 Å². The first-order valence-corrected chi connectivity index (χ1v) is 8.56. The third kappa shape index (κ3) is 3.94. The van der Waals surface area contributed by atoms with Crippen molar-refractivity contribution in [1.29, 1.82) is 0 Å². The number of halogens is 1. The lowest BCUT2D eigenvalue weighted by Gasteiger charge is -2.11. The van der Waals surface area contributed by atoms with Gasteiger partial charge < -0.3 is 14.6 Å². The summed E-state index contributed by atoms with van der Waals surface area (Å²) in [7, 11) is 0. The SMILES string of the molecule is CCNC(=O)Cn1c(COc2ccc(Cl)c(C)c2)nc2ccccc21. The van der Waals surface area contributed by atoms with Crippen molar-refractivity contribution < 1.29 is 9.53 Å². The number of amides is 1. The van der Waals surface area contributed by atoms with E-state index in [-0.39, 0.29) is 19.1 Å². The molecule has 0 unspecified atom stereocenters. The van der Waals surface area contributed by atoms with E-state index < -0.39 is 0 Å². The van der Waals surface area contributed by atoms with Crippen molar-refractivity contribution in [3.63, 3.8) is 0 Å². The maximum absolute atomic E-state index is 12.0. The van der Waals surface area contributed by atoms with Crippen LogP contribution in [0.4, 0.5) is 0 Å². The van der Waals surface area contributed by atoms with Gasteiger partial charge in [-0.3, -0.25) is 4.79 Å². The largest absolute Gasteiger partial charge is 0.486 e. The van der Waals surface area contributed by atoms with Crippen LogP contribution in [0.5, 0.6) is 5.75 Å². The van der Waals surface area contributed by atoms with Gasteiger partial charge in [0.2, 0.25) is 5.91 Å². The molecule has 0 spiro atoms. The molecule has 3 rings (SSSR count). The summed E-state index contributed by atoms with van der Waals surface area (Å²) in [6, 6.07) is 13.3. The fraction of sp³-hybridized carbons (Fsp3) is 0.263. The van der Waals surface area contributed by atoms with E-state index in [4.69, 9.17) is 16.3 Å². The first-order chi connectivity index (χ1) is 12.1. The standard InChI is InChI=1S/C19H20ClN3O2/c1-3-21-19(24)11-23-17-7-5-4-6-16(17)22-18(23)12-25-14-8-9-15(20)13(2)10-14/h4-10H,3,11-12H2,1-2H3,(H,21,24). The molecule has 1 heterocycles. The smallest absolute Gasteiger partial charge is 0.240 e. The Hall–Kier alpha value is -2.53. The average molecular weight is 358 g/mol. The maximum Gasteiger partial charge on any atom is 0.240 e. The zero-order valence-corrected chi connectivity index (χ0v) is 15.0. The van der Waals surface area contributed by atoms with Gasteiger partial charge in [0.25, 0.3) is 0 Å². The summed E-state index contributed by atoms with van der Waals surface area (Å²) >= 11 is 6.05. The summed E-state index contributed by atoms with van der Waals surface area (Å²) in [5, 5.41) is 3.52. The number of para-hydroxylation sites is 2. The van der Waals surface area contributed by atoms with Gasteiger partial charge in [-0.1, -0.05) is 23.7 Å². The van der Waals surface area contributed by atoms with Crippen molar-refractivity contribution >= 4 is 28.5 Å². The predicted molar refractivity (Wildman–Crippen MR) is 98.9 cm³/mol. The molecule has 0 saturated heterocycles. The van der Waals surface area contributed by atoms with E-state index in [1.54, 1.807) is 0 Å². The normalized spacial score (nSPS) is 10.8. The molecule has 25 heavy (non-hydrogen) atoms. The highest BCUT2D eigenvalue weighted by molar-refractivity contribution is 6.31. The third-order valence-electron chi connectivity index (χ3n) is 3.91. The number of aromatic nitrogens is 2. The zero-order chi connectivity index (χ0) is 17.8. The fourth-order valence-electron chi connectivity index (χ4n) is 2.66. The lowest BCUT2D eigenvalue weighted by atomic mass is 10.2. The van der Waals surface area contributed by atoms with Gasteiger partial charge in [0.1, 0.15) is 24.7 Å². The number of ether oxygens (including phenoxy) is 1. The number of hydrogen-bond donors (Lipinski definition) is 1. The molecular weight excluding hydrogens is 338 g/mol. The number of imidazole rings is 1. The summed E-state index contributed by atoms with van der Waals surface area (Å²) in [4.78, 5) is 16.7. The second kappa shape index (κ2) is 7.57. The lowest BCUT2D eigenvalue weighted by molar-refractivity contribution is -0.121. The van der Waals surface area contributed by atoms with E-state index in [9.17, 15) is 4.79 Å². The number of aryl methyl sites for hydroxylation is 1. The van der Waals surface area contributed by atoms with Crippen molar-refractivity contribution in [2.75, 3.05) is 6.54 Å². The zero-order valence-electron chi connectivity index (χ0n) is 14.3. The molecule has 1 N–H and O–H groups in total. The van der Waals surface area contributed by atoms with Crippen molar-refractivity contribution in [3.05, 3.63) is 58.9 Å². The Bertz CT molecular complexity index is 905. The van der Waals surface area contributed by atoms with Gasteiger partial charge >= 0.3 is 0 Å². The summed E-state index contributed by atoms with van der Waals surface area (Å²) in [6.07, 6.45) is 0. The molecule has 130 valence electrons. The topological polar surface area (TPSA) is 56.2 Å². The number of nitrogens with one attached hydrogen (secondary N) is 1. The molecule has 0 aliphatic heterocycles. The van der Waals surface area contributed by atoms with Crippen molar-refractivity contribution in [3.8, 4) is 5.75 Å². The lowest BCUT2D eigenvalue weighted by Crippen LogP contribution is -2.28. The molecule has 0 fully saturated rings. The van der Waals surface area contributed by atoms with Crippen LogP contribution in [0, 0.1) is 6.92 Å². The number of rotatable bonds is 6. The average Bonchev–Trinajstić information content (AvgIpc) is 2.94. The first kappa shape index (κ1) is 17.3. The molecular formula is C19H20ClN3O2.